The number of nitrogens with one attached hydrogen (secondary N) is 2. The molecule has 0 fully saturated rings. The molecule has 2 N–H and O–H groups in total. The molecule has 0 atom stereocenters. The molecule has 0 unspecified atom stereocenters. The number of benzene rings is 8. The van der Waals surface area contributed by atoms with Crippen molar-refractivity contribution >= 4 is 0 Å². The topological polar surface area (TPSA) is 61.0 Å². The van der Waals surface area contributed by atoms with Crippen LogP contribution in [0.5, 0.6) is 23.0 Å². The summed E-state index contributed by atoms with van der Waals surface area (Å²) in [5.41, 5.74) is 17.6. The van der Waals surface area contributed by atoms with Crippen LogP contribution < -0.4 is 29.6 Å². The van der Waals surface area contributed by atoms with E-state index < -0.39 is 0 Å². The zero-order valence-electron chi connectivity index (χ0n) is 72.0. The summed E-state index contributed by atoms with van der Waals surface area (Å²) < 4.78 is 22.7. The number of hydrogen-bond acceptors (Lipinski definition) is 6. The van der Waals surface area contributed by atoms with Gasteiger partial charge in [-0.1, -0.05) is 344 Å². The molecule has 0 aliphatic rings. The van der Waals surface area contributed by atoms with E-state index in [0.717, 1.165) is 120 Å². The van der Waals surface area contributed by atoms with Gasteiger partial charge in [0.1, 0.15) is 23.0 Å². The lowest BCUT2D eigenvalue weighted by atomic mass is 9.98. The molecule has 8 rings (SSSR count). The van der Waals surface area contributed by atoms with Gasteiger partial charge in [-0.25, -0.2) is 0 Å². The Morgan fingerprint density at radius 2 is 0.407 bits per heavy atom. The summed E-state index contributed by atoms with van der Waals surface area (Å²) in [7, 11) is 3.98. The van der Waals surface area contributed by atoms with E-state index in [1.165, 1.54) is 187 Å². The molecule has 108 heavy (non-hydrogen) atoms. The smallest absolute Gasteiger partial charge is 0.122 e. The van der Waals surface area contributed by atoms with Gasteiger partial charge in [-0.05, 0) is 247 Å². The van der Waals surface area contributed by atoms with E-state index in [0.29, 0.717) is 0 Å². The number of hydrogen-bond donors (Lipinski definition) is 2. The van der Waals surface area contributed by atoms with Gasteiger partial charge in [0.05, 0.1) is 26.4 Å². The van der Waals surface area contributed by atoms with Crippen molar-refractivity contribution in [2.75, 3.05) is 53.6 Å². The number of para-hydroxylation sites is 4. The van der Waals surface area contributed by atoms with E-state index in [1.807, 2.05) is 44.4 Å². The lowest BCUT2D eigenvalue weighted by Gasteiger charge is -2.10. The van der Waals surface area contributed by atoms with Crippen LogP contribution in [0.15, 0.2) is 194 Å². The number of aryl methyl sites for hydroxylation is 10. The summed E-state index contributed by atoms with van der Waals surface area (Å²) in [6, 6.07) is 68.6. The molecule has 8 aromatic rings. The van der Waals surface area contributed by atoms with Crippen molar-refractivity contribution in [1.82, 2.24) is 10.6 Å². The fraction of sp³-hybridized carbons (Fsp3) is 0.529. The third-order valence-corrected chi connectivity index (χ3v) is 18.6. The molecule has 600 valence electrons. The van der Waals surface area contributed by atoms with Gasteiger partial charge in [0, 0.05) is 0 Å². The van der Waals surface area contributed by atoms with Gasteiger partial charge in [-0.3, -0.25) is 0 Å². The van der Waals surface area contributed by atoms with Gasteiger partial charge in [0.25, 0.3) is 0 Å². The highest BCUT2D eigenvalue weighted by Gasteiger charge is 2.07. The van der Waals surface area contributed by atoms with E-state index in [-0.39, 0.29) is 0 Å². The fourth-order valence-electron chi connectivity index (χ4n) is 12.3. The zero-order valence-corrected chi connectivity index (χ0v) is 72.0. The Balaban J connectivity index is 0.000000617. The first kappa shape index (κ1) is 98.9. The normalized spacial score (nSPS) is 10.2. The van der Waals surface area contributed by atoms with Crippen molar-refractivity contribution in [2.24, 2.45) is 0 Å². The molecule has 6 nitrogen and oxygen atoms in total. The second-order valence-corrected chi connectivity index (χ2v) is 28.1. The minimum absolute atomic E-state index is 0.802. The summed E-state index contributed by atoms with van der Waals surface area (Å²) in [6.45, 7) is 36.3. The van der Waals surface area contributed by atoms with Crippen LogP contribution in [0, 0.1) is 0 Å². The van der Waals surface area contributed by atoms with Crippen LogP contribution in [0.4, 0.5) is 0 Å². The van der Waals surface area contributed by atoms with Gasteiger partial charge in [0.2, 0.25) is 0 Å². The minimum atomic E-state index is 0.802. The minimum Gasteiger partial charge on any atom is -0.493 e. The monoisotopic (exact) mass is 1480 g/mol. The third-order valence-electron chi connectivity index (χ3n) is 18.6. The van der Waals surface area contributed by atoms with Crippen LogP contribution >= 0.6 is 0 Å². The molecule has 0 amide bonds. The summed E-state index contributed by atoms with van der Waals surface area (Å²) in [5.74, 6) is 4.22. The summed E-state index contributed by atoms with van der Waals surface area (Å²) >= 11 is 0. The van der Waals surface area contributed by atoms with Crippen LogP contribution in [0.25, 0.3) is 0 Å². The lowest BCUT2D eigenvalue weighted by Crippen LogP contribution is -2.11. The third kappa shape index (κ3) is 47.7. The van der Waals surface area contributed by atoms with Crippen LogP contribution in [0.1, 0.15) is 292 Å². The van der Waals surface area contributed by atoms with Gasteiger partial charge < -0.3 is 29.6 Å². The molecule has 0 saturated carbocycles. The maximum Gasteiger partial charge on any atom is 0.122 e. The van der Waals surface area contributed by atoms with E-state index >= 15 is 0 Å². The van der Waals surface area contributed by atoms with Gasteiger partial charge in [-0.15, -0.1) is 0 Å². The van der Waals surface area contributed by atoms with Crippen molar-refractivity contribution in [3.8, 4) is 23.0 Å². The van der Waals surface area contributed by atoms with Gasteiger partial charge in [0.15, 0.2) is 0 Å². The molecule has 0 aromatic heterocycles. The highest BCUT2D eigenvalue weighted by atomic mass is 16.5. The predicted octanol–water partition coefficient (Wildman–Crippen LogP) is 28.0. The zero-order chi connectivity index (χ0) is 79.0. The Morgan fingerprint density at radius 3 is 0.704 bits per heavy atom. The first-order chi connectivity index (χ1) is 53.0. The molecule has 0 heterocycles. The van der Waals surface area contributed by atoms with Crippen molar-refractivity contribution in [3.05, 3.63) is 261 Å². The molecular formula is C102H158N2O4. The molecule has 8 aromatic carbocycles. The predicted molar refractivity (Wildman–Crippen MR) is 478 cm³/mol. The molecule has 6 heteroatoms. The van der Waals surface area contributed by atoms with Gasteiger partial charge >= 0.3 is 0 Å². The second kappa shape index (κ2) is 71.5. The molecule has 0 saturated heterocycles. The standard InChI is InChI=1S/C14H22.C13H21N.C13H20O.2C13H20.C12H19NO.2C12H18O/c1-3-5-6-10-14-12-8-7-11-13(14)9-4-2;1-3-4-7-12-8-5-6-9-13(12)10-11-14-2;1-3-5-11-14-13-10-7-6-9-12(13)8-4-2;1-3-5-9-13-11-7-6-10-12(13)8-4-2;1-3-5-6-10-13-11-8-7-9-12(13)4-2;1-3-10-14-12-7-5-4-6-11(12)8-9-13-2;1-3-7-11-8-5-6-9-12(11)13-10-4-2;1-3-5-10-13-12-9-7-6-8-11(12)4-2/h7-8,11-12H,3-6,9-10H2,1-2H3;5-6,8-9,14H,3-4,7,10-11H2,1-2H3;6-7,9-10H,3-5,8,11H2,1-2H3;6-7,10-11H,3-5,8-9H2,1-2H3;7-9,11H,3-6,10H2,1-2H3;4-7,13H,3,8-10H2,1-2H3;5-6,8-9H,3-4,7,10H2,1-2H3;6-9H,3-5,10H2,1-2H3. The Morgan fingerprint density at radius 1 is 0.185 bits per heavy atom. The lowest BCUT2D eigenvalue weighted by molar-refractivity contribution is 0.306. The van der Waals surface area contributed by atoms with Crippen LogP contribution in [-0.2, 0) is 77.0 Å². The first-order valence-corrected chi connectivity index (χ1v) is 43.4. The van der Waals surface area contributed by atoms with Crippen molar-refractivity contribution < 1.29 is 18.9 Å². The Kier molecular flexibility index (Phi) is 65.5. The van der Waals surface area contributed by atoms with E-state index in [9.17, 15) is 0 Å². The highest BCUT2D eigenvalue weighted by Crippen LogP contribution is 2.24. The summed E-state index contributed by atoms with van der Waals surface area (Å²) in [4.78, 5) is 0. The molecule has 0 bridgehead atoms. The van der Waals surface area contributed by atoms with E-state index in [4.69, 9.17) is 18.9 Å². The largest absolute Gasteiger partial charge is 0.493 e. The Labute approximate surface area is 665 Å². The van der Waals surface area contributed by atoms with E-state index in [2.05, 4.69) is 271 Å². The SMILES string of the molecule is CCCCCc1ccccc1CC.CCCCCc1ccccc1CCC.CCCCOc1ccccc1CC.CCCCOc1ccccc1CCC.CCCCc1ccccc1CCC.CCCCc1ccccc1CCNC.CCCOc1ccccc1CCC.CCCOc1ccccc1CCNC. The van der Waals surface area contributed by atoms with Crippen LogP contribution in [0.3, 0.4) is 0 Å². The number of unbranched alkanes of at least 4 members (excludes halogenated alkanes) is 8. The molecular weight excluding hydrogens is 1320 g/mol. The number of likely N-dealkylation sites (N-methyl/N-ethyl adjacent to an activating group) is 2. The van der Waals surface area contributed by atoms with Gasteiger partial charge in [-0.2, -0.15) is 0 Å². The maximum atomic E-state index is 5.73. The number of rotatable bonds is 44. The Bertz CT molecular complexity index is 3020. The average molecular weight is 1480 g/mol. The average Bonchev–Trinajstić information content (AvgIpc) is 0.908. The van der Waals surface area contributed by atoms with Crippen LogP contribution in [-0.4, -0.2) is 53.6 Å². The molecule has 0 radical (unpaired) electrons. The molecule has 0 aliphatic carbocycles. The maximum absolute atomic E-state index is 5.73. The van der Waals surface area contributed by atoms with Crippen LogP contribution in [0.2, 0.25) is 0 Å². The molecule has 0 aliphatic heterocycles. The summed E-state index contributed by atoms with van der Waals surface area (Å²) in [6.07, 6.45) is 39.0. The van der Waals surface area contributed by atoms with Crippen molar-refractivity contribution in [3.63, 3.8) is 0 Å². The quantitative estimate of drug-likeness (QED) is 0.0371. The summed E-state index contributed by atoms with van der Waals surface area (Å²) in [5, 5.41) is 6.34. The Hall–Kier alpha value is -7.12. The molecule has 0 spiro atoms. The number of ether oxygens (including phenoxy) is 4. The first-order valence-electron chi connectivity index (χ1n) is 43.4. The second-order valence-electron chi connectivity index (χ2n) is 28.1. The fourth-order valence-corrected chi connectivity index (χ4v) is 12.3. The van der Waals surface area contributed by atoms with Crippen molar-refractivity contribution in [2.45, 2.75) is 302 Å². The van der Waals surface area contributed by atoms with E-state index in [1.54, 1.807) is 27.8 Å². The highest BCUT2D eigenvalue weighted by molar-refractivity contribution is 5.37. The van der Waals surface area contributed by atoms with Crippen molar-refractivity contribution in [1.29, 1.82) is 0 Å².